The first kappa shape index (κ1) is 23.2. The second kappa shape index (κ2) is 10.3. The number of benzene rings is 3. The van der Waals surface area contributed by atoms with Gasteiger partial charge in [-0.1, -0.05) is 48.5 Å². The number of para-hydroxylation sites is 2. The van der Waals surface area contributed by atoms with Crippen LogP contribution in [0.3, 0.4) is 0 Å². The lowest BCUT2D eigenvalue weighted by atomic mass is 10.2. The number of hydrogen-bond acceptors (Lipinski definition) is 6. The number of anilines is 3. The Kier molecular flexibility index (Phi) is 7.05. The average Bonchev–Trinajstić information content (AvgIpc) is 3.41. The van der Waals surface area contributed by atoms with Crippen LogP contribution in [-0.4, -0.2) is 27.6 Å². The molecule has 172 valence electrons. The highest BCUT2D eigenvalue weighted by atomic mass is 32.2. The largest absolute Gasteiger partial charge is 0.345 e. The van der Waals surface area contributed by atoms with Gasteiger partial charge in [0.05, 0.1) is 17.5 Å². The van der Waals surface area contributed by atoms with Crippen LogP contribution in [0.1, 0.15) is 15.9 Å². The molecule has 0 aliphatic heterocycles. The third kappa shape index (κ3) is 5.51. The molecule has 2 N–H and O–H groups in total. The van der Waals surface area contributed by atoms with Gasteiger partial charge in [-0.05, 0) is 53.4 Å². The summed E-state index contributed by atoms with van der Waals surface area (Å²) in [4.78, 5) is 14.7. The average molecular weight is 491 g/mol. The number of amides is 1. The van der Waals surface area contributed by atoms with Crippen molar-refractivity contribution in [3.63, 3.8) is 0 Å². The fraction of sp³-hybridized carbons (Fsp3) is 0.0400. The van der Waals surface area contributed by atoms with Crippen molar-refractivity contribution in [3.05, 3.63) is 108 Å². The lowest BCUT2D eigenvalue weighted by molar-refractivity contribution is 0.0956. The predicted molar refractivity (Wildman–Crippen MR) is 138 cm³/mol. The predicted octanol–water partition coefficient (Wildman–Crippen LogP) is 5.08. The zero-order chi connectivity index (χ0) is 24.0. The Morgan fingerprint density at radius 3 is 2.26 bits per heavy atom. The molecule has 3 aromatic carbocycles. The van der Waals surface area contributed by atoms with E-state index in [0.29, 0.717) is 0 Å². The SMILES string of the molecule is CN(c1ccccc1)c1ccc(/C=N/NC(=O)c2ccccc2NS(=O)(=O)c2cccs2)cc1. The maximum Gasteiger partial charge on any atom is 0.273 e. The van der Waals surface area contributed by atoms with Gasteiger partial charge in [0.1, 0.15) is 4.21 Å². The summed E-state index contributed by atoms with van der Waals surface area (Å²) in [6.45, 7) is 0. The molecule has 1 heterocycles. The summed E-state index contributed by atoms with van der Waals surface area (Å²) in [5.41, 5.74) is 5.69. The van der Waals surface area contributed by atoms with Gasteiger partial charge in [-0.3, -0.25) is 9.52 Å². The minimum Gasteiger partial charge on any atom is -0.345 e. The molecular weight excluding hydrogens is 468 g/mol. The molecule has 4 rings (SSSR count). The number of carbonyl (C=O) groups is 1. The standard InChI is InChI=1S/C25H22N4O3S2/c1-29(20-8-3-2-4-9-20)21-15-13-19(14-16-21)18-26-27-25(30)22-10-5-6-11-23(22)28-34(31,32)24-12-7-17-33-24/h2-18,28H,1H3,(H,27,30)/b26-18+. The first-order valence-electron chi connectivity index (χ1n) is 10.3. The molecular formula is C25H22N4O3S2. The van der Waals surface area contributed by atoms with Crippen LogP contribution >= 0.6 is 11.3 Å². The molecule has 0 aliphatic rings. The summed E-state index contributed by atoms with van der Waals surface area (Å²) in [5.74, 6) is -0.527. The number of thiophene rings is 1. The topological polar surface area (TPSA) is 90.9 Å². The molecule has 0 saturated carbocycles. The van der Waals surface area contributed by atoms with Gasteiger partial charge in [0, 0.05) is 18.4 Å². The van der Waals surface area contributed by atoms with E-state index in [1.54, 1.807) is 23.6 Å². The van der Waals surface area contributed by atoms with E-state index in [9.17, 15) is 13.2 Å². The van der Waals surface area contributed by atoms with Crippen LogP contribution in [0.2, 0.25) is 0 Å². The number of nitrogens with one attached hydrogen (secondary N) is 2. The minimum atomic E-state index is -3.77. The van der Waals surface area contributed by atoms with E-state index in [-0.39, 0.29) is 15.5 Å². The van der Waals surface area contributed by atoms with Gasteiger partial charge in [0.25, 0.3) is 15.9 Å². The quantitative estimate of drug-likeness (QED) is 0.266. The lowest BCUT2D eigenvalue weighted by Crippen LogP contribution is -2.21. The molecule has 0 atom stereocenters. The Hall–Kier alpha value is -3.95. The monoisotopic (exact) mass is 490 g/mol. The molecule has 0 saturated heterocycles. The van der Waals surface area contributed by atoms with Crippen LogP contribution in [0.15, 0.2) is 106 Å². The van der Waals surface area contributed by atoms with E-state index >= 15 is 0 Å². The van der Waals surface area contributed by atoms with E-state index in [1.165, 1.54) is 24.4 Å². The maximum absolute atomic E-state index is 12.7. The van der Waals surface area contributed by atoms with Crippen molar-refractivity contribution >= 4 is 50.5 Å². The van der Waals surface area contributed by atoms with Crippen molar-refractivity contribution in [1.82, 2.24) is 5.43 Å². The number of hydrogen-bond donors (Lipinski definition) is 2. The van der Waals surface area contributed by atoms with Crippen LogP contribution in [0.4, 0.5) is 17.1 Å². The molecule has 0 bridgehead atoms. The van der Waals surface area contributed by atoms with E-state index < -0.39 is 15.9 Å². The molecule has 0 radical (unpaired) electrons. The maximum atomic E-state index is 12.7. The molecule has 0 spiro atoms. The molecule has 7 nitrogen and oxygen atoms in total. The van der Waals surface area contributed by atoms with Crippen molar-refractivity contribution in [2.75, 3.05) is 16.7 Å². The van der Waals surface area contributed by atoms with Crippen LogP contribution in [0.5, 0.6) is 0 Å². The molecule has 1 aromatic heterocycles. The highest BCUT2D eigenvalue weighted by molar-refractivity contribution is 7.94. The van der Waals surface area contributed by atoms with Crippen molar-refractivity contribution in [2.24, 2.45) is 5.10 Å². The van der Waals surface area contributed by atoms with Crippen molar-refractivity contribution < 1.29 is 13.2 Å². The van der Waals surface area contributed by atoms with Gasteiger partial charge in [-0.25, -0.2) is 13.8 Å². The highest BCUT2D eigenvalue weighted by Crippen LogP contribution is 2.24. The zero-order valence-electron chi connectivity index (χ0n) is 18.3. The van der Waals surface area contributed by atoms with Crippen LogP contribution < -0.4 is 15.0 Å². The van der Waals surface area contributed by atoms with Gasteiger partial charge in [-0.15, -0.1) is 11.3 Å². The summed E-state index contributed by atoms with van der Waals surface area (Å²) in [5, 5.41) is 5.70. The number of hydrazone groups is 1. The number of sulfonamides is 1. The van der Waals surface area contributed by atoms with E-state index in [2.05, 4.69) is 20.1 Å². The minimum absolute atomic E-state index is 0.166. The van der Waals surface area contributed by atoms with Crippen LogP contribution in [-0.2, 0) is 10.0 Å². The second-order valence-electron chi connectivity index (χ2n) is 7.27. The van der Waals surface area contributed by atoms with E-state index in [4.69, 9.17) is 0 Å². The molecule has 1 amide bonds. The van der Waals surface area contributed by atoms with Gasteiger partial charge in [0.15, 0.2) is 0 Å². The Morgan fingerprint density at radius 2 is 1.56 bits per heavy atom. The van der Waals surface area contributed by atoms with Gasteiger partial charge >= 0.3 is 0 Å². The summed E-state index contributed by atoms with van der Waals surface area (Å²) in [6, 6.07) is 27.3. The smallest absolute Gasteiger partial charge is 0.273 e. The fourth-order valence-corrected chi connectivity index (χ4v) is 5.26. The Morgan fingerprint density at radius 1 is 0.882 bits per heavy atom. The molecule has 4 aromatic rings. The van der Waals surface area contributed by atoms with E-state index in [0.717, 1.165) is 28.3 Å². The van der Waals surface area contributed by atoms with Gasteiger partial charge in [-0.2, -0.15) is 5.10 Å². The first-order chi connectivity index (χ1) is 16.4. The third-order valence-electron chi connectivity index (χ3n) is 4.98. The number of nitrogens with zero attached hydrogens (tertiary/aromatic N) is 2. The van der Waals surface area contributed by atoms with E-state index in [1.807, 2.05) is 61.6 Å². The molecule has 0 aliphatic carbocycles. The number of carbonyl (C=O) groups excluding carboxylic acids is 1. The number of rotatable bonds is 8. The lowest BCUT2D eigenvalue weighted by Gasteiger charge is -2.19. The second-order valence-corrected chi connectivity index (χ2v) is 10.1. The summed E-state index contributed by atoms with van der Waals surface area (Å²) < 4.78 is 27.7. The molecule has 0 fully saturated rings. The van der Waals surface area contributed by atoms with Crippen LogP contribution in [0, 0.1) is 0 Å². The van der Waals surface area contributed by atoms with Gasteiger partial charge < -0.3 is 4.90 Å². The Bertz CT molecular complexity index is 1390. The zero-order valence-corrected chi connectivity index (χ0v) is 19.9. The van der Waals surface area contributed by atoms with Gasteiger partial charge in [0.2, 0.25) is 0 Å². The summed E-state index contributed by atoms with van der Waals surface area (Å²) >= 11 is 1.10. The molecule has 34 heavy (non-hydrogen) atoms. The Labute approximate surface area is 202 Å². The molecule has 0 unspecified atom stereocenters. The molecule has 9 heteroatoms. The normalized spacial score (nSPS) is 11.3. The van der Waals surface area contributed by atoms with Crippen LogP contribution in [0.25, 0.3) is 0 Å². The summed E-state index contributed by atoms with van der Waals surface area (Å²) in [7, 11) is -1.79. The van der Waals surface area contributed by atoms with Crippen molar-refractivity contribution in [3.8, 4) is 0 Å². The first-order valence-corrected chi connectivity index (χ1v) is 12.7. The van der Waals surface area contributed by atoms with Crippen molar-refractivity contribution in [1.29, 1.82) is 0 Å². The third-order valence-corrected chi connectivity index (χ3v) is 7.74. The Balaban J connectivity index is 1.42. The highest BCUT2D eigenvalue weighted by Gasteiger charge is 2.19. The summed E-state index contributed by atoms with van der Waals surface area (Å²) in [6.07, 6.45) is 1.53. The van der Waals surface area contributed by atoms with Crippen molar-refractivity contribution in [2.45, 2.75) is 4.21 Å². The fourth-order valence-electron chi connectivity index (χ4n) is 3.19.